The lowest BCUT2D eigenvalue weighted by molar-refractivity contribution is -0.146. The average molecular weight is 430 g/mol. The number of ketones is 1. The molecule has 1 aromatic heterocycles. The number of ether oxygens (including phenoxy) is 1. The van der Waals surface area contributed by atoms with Crippen molar-refractivity contribution in [2.45, 2.75) is 6.10 Å². The van der Waals surface area contributed by atoms with E-state index >= 15 is 0 Å². The molecule has 0 saturated carbocycles. The highest BCUT2D eigenvalue weighted by Gasteiger charge is 2.28. The zero-order chi connectivity index (χ0) is 22.5. The van der Waals surface area contributed by atoms with Crippen molar-refractivity contribution < 1.29 is 23.5 Å². The quantitative estimate of drug-likeness (QED) is 0.340. The first-order chi connectivity index (χ1) is 15.5. The van der Waals surface area contributed by atoms with Crippen LogP contribution in [0.15, 0.2) is 85.1 Å². The molecule has 4 rings (SSSR count). The van der Waals surface area contributed by atoms with Gasteiger partial charge in [-0.1, -0.05) is 60.7 Å². The van der Waals surface area contributed by atoms with Gasteiger partial charge in [-0.05, 0) is 18.2 Å². The third kappa shape index (κ3) is 4.41. The molecular weight excluding hydrogens is 411 g/mol. The first kappa shape index (κ1) is 21.0. The number of halogens is 1. The number of aromatic nitrogens is 1. The van der Waals surface area contributed by atoms with Gasteiger partial charge in [-0.2, -0.15) is 0 Å². The summed E-state index contributed by atoms with van der Waals surface area (Å²) in [6.07, 6.45) is 0.379. The van der Waals surface area contributed by atoms with Crippen molar-refractivity contribution in [2.75, 3.05) is 6.54 Å². The summed E-state index contributed by atoms with van der Waals surface area (Å²) >= 11 is 0. The Labute approximate surface area is 183 Å². The summed E-state index contributed by atoms with van der Waals surface area (Å²) in [7, 11) is 0. The van der Waals surface area contributed by atoms with Gasteiger partial charge in [-0.25, -0.2) is 4.39 Å². The third-order valence-corrected chi connectivity index (χ3v) is 4.96. The molecule has 0 aliphatic heterocycles. The number of Topliss-reactive ketones (excluding diaryl/α,β-unsaturated/α-hetero) is 1. The predicted octanol–water partition coefficient (Wildman–Crippen LogP) is 4.20. The molecule has 1 amide bonds. The largest absolute Gasteiger partial charge is 0.448 e. The van der Waals surface area contributed by atoms with Crippen molar-refractivity contribution in [3.05, 3.63) is 108 Å². The fraction of sp³-hybridized carbons (Fsp3) is 0.0800. The molecule has 0 spiro atoms. The highest BCUT2D eigenvalue weighted by atomic mass is 19.1. The Hall–Kier alpha value is -4.26. The lowest BCUT2D eigenvalue weighted by Crippen LogP contribution is -2.33. The molecule has 0 bridgehead atoms. The van der Waals surface area contributed by atoms with Crippen molar-refractivity contribution in [1.29, 1.82) is 0 Å². The van der Waals surface area contributed by atoms with Crippen molar-refractivity contribution >= 4 is 28.6 Å². The minimum Gasteiger partial charge on any atom is -0.448 e. The van der Waals surface area contributed by atoms with Gasteiger partial charge in [0.05, 0.1) is 5.56 Å². The fourth-order valence-electron chi connectivity index (χ4n) is 3.38. The molecule has 4 aromatic rings. The van der Waals surface area contributed by atoms with Gasteiger partial charge in [0.15, 0.2) is 6.10 Å². The van der Waals surface area contributed by atoms with Gasteiger partial charge in [0, 0.05) is 28.2 Å². The molecule has 160 valence electrons. The standard InChI is InChI=1S/C25H19FN2O4/c26-20-12-6-4-11-18(20)25(31)28-15-22(29)32-24(16-8-2-1-3-9-16)23(30)19-14-27-21-13-7-5-10-17(19)21/h1-14,24,27H,15H2,(H,28,31)/t24-/m1/s1. The van der Waals surface area contributed by atoms with Crippen LogP contribution in [0, 0.1) is 5.82 Å². The number of hydrogen-bond acceptors (Lipinski definition) is 4. The Morgan fingerprint density at radius 2 is 1.56 bits per heavy atom. The predicted molar refractivity (Wildman–Crippen MR) is 117 cm³/mol. The lowest BCUT2D eigenvalue weighted by atomic mass is 9.99. The molecule has 0 aliphatic carbocycles. The first-order valence-electron chi connectivity index (χ1n) is 9.92. The van der Waals surface area contributed by atoms with Gasteiger partial charge in [0.25, 0.3) is 5.91 Å². The summed E-state index contributed by atoms with van der Waals surface area (Å²) in [5, 5.41) is 3.04. The number of rotatable bonds is 7. The van der Waals surface area contributed by atoms with Crippen LogP contribution in [0.4, 0.5) is 4.39 Å². The van der Waals surface area contributed by atoms with E-state index in [1.54, 1.807) is 42.6 Å². The summed E-state index contributed by atoms with van der Waals surface area (Å²) in [5.41, 5.74) is 1.48. The Kier molecular flexibility index (Phi) is 6.07. The fourth-order valence-corrected chi connectivity index (χ4v) is 3.38. The van der Waals surface area contributed by atoms with Crippen LogP contribution >= 0.6 is 0 Å². The smallest absolute Gasteiger partial charge is 0.326 e. The number of amides is 1. The SMILES string of the molecule is O=C(CNC(=O)c1ccccc1F)O[C@@H](C(=O)c1c[nH]c2ccccc12)c1ccccc1. The van der Waals surface area contributed by atoms with E-state index in [0.717, 1.165) is 11.6 Å². The van der Waals surface area contributed by atoms with E-state index in [-0.39, 0.29) is 5.56 Å². The summed E-state index contributed by atoms with van der Waals surface area (Å²) in [6.45, 7) is -0.516. The number of H-pyrrole nitrogens is 1. The Balaban J connectivity index is 1.52. The average Bonchev–Trinajstić information content (AvgIpc) is 3.26. The topological polar surface area (TPSA) is 88.3 Å². The summed E-state index contributed by atoms with van der Waals surface area (Å²) in [4.78, 5) is 41.0. The highest BCUT2D eigenvalue weighted by Crippen LogP contribution is 2.27. The van der Waals surface area contributed by atoms with Crippen LogP contribution in [-0.2, 0) is 9.53 Å². The zero-order valence-electron chi connectivity index (χ0n) is 16.9. The van der Waals surface area contributed by atoms with Gasteiger partial charge in [0.1, 0.15) is 12.4 Å². The molecular formula is C25H19FN2O4. The van der Waals surface area contributed by atoms with Crippen molar-refractivity contribution in [1.82, 2.24) is 10.3 Å². The Morgan fingerprint density at radius 1 is 0.875 bits per heavy atom. The number of para-hydroxylation sites is 1. The third-order valence-electron chi connectivity index (χ3n) is 4.96. The molecule has 3 aromatic carbocycles. The molecule has 32 heavy (non-hydrogen) atoms. The number of esters is 1. The van der Waals surface area contributed by atoms with E-state index in [0.29, 0.717) is 16.5 Å². The minimum absolute atomic E-state index is 0.185. The number of aromatic amines is 1. The maximum atomic E-state index is 13.8. The van der Waals surface area contributed by atoms with E-state index in [2.05, 4.69) is 10.3 Å². The van der Waals surface area contributed by atoms with Gasteiger partial charge in [-0.15, -0.1) is 0 Å². The lowest BCUT2D eigenvalue weighted by Gasteiger charge is -2.17. The Bertz CT molecular complexity index is 1280. The summed E-state index contributed by atoms with van der Waals surface area (Å²) in [5.74, 6) is -2.67. The maximum absolute atomic E-state index is 13.8. The normalized spacial score (nSPS) is 11.7. The summed E-state index contributed by atoms with van der Waals surface area (Å²) < 4.78 is 19.2. The molecule has 0 radical (unpaired) electrons. The second-order valence-corrected chi connectivity index (χ2v) is 7.06. The monoisotopic (exact) mass is 430 g/mol. The molecule has 0 unspecified atom stereocenters. The van der Waals surface area contributed by atoms with Gasteiger partial charge in [0.2, 0.25) is 5.78 Å². The van der Waals surface area contributed by atoms with E-state index in [1.807, 2.05) is 18.2 Å². The number of nitrogens with one attached hydrogen (secondary N) is 2. The zero-order valence-corrected chi connectivity index (χ0v) is 16.9. The summed E-state index contributed by atoms with van der Waals surface area (Å²) in [6, 6.07) is 21.4. The van der Waals surface area contributed by atoms with Crippen LogP contribution < -0.4 is 5.32 Å². The van der Waals surface area contributed by atoms with Crippen LogP contribution in [0.5, 0.6) is 0 Å². The number of benzene rings is 3. The molecule has 0 saturated heterocycles. The van der Waals surface area contributed by atoms with Crippen molar-refractivity contribution in [3.63, 3.8) is 0 Å². The maximum Gasteiger partial charge on any atom is 0.326 e. The molecule has 0 aliphatic rings. The molecule has 1 heterocycles. The minimum atomic E-state index is -1.20. The number of carbonyl (C=O) groups is 3. The first-order valence-corrected chi connectivity index (χ1v) is 9.92. The van der Waals surface area contributed by atoms with Crippen LogP contribution in [0.25, 0.3) is 10.9 Å². The molecule has 7 heteroatoms. The van der Waals surface area contributed by atoms with E-state index in [9.17, 15) is 18.8 Å². The van der Waals surface area contributed by atoms with Crippen LogP contribution in [0.1, 0.15) is 32.4 Å². The van der Waals surface area contributed by atoms with Gasteiger partial charge >= 0.3 is 5.97 Å². The van der Waals surface area contributed by atoms with Crippen LogP contribution in [0.3, 0.4) is 0 Å². The van der Waals surface area contributed by atoms with Crippen LogP contribution in [-0.4, -0.2) is 29.2 Å². The number of carbonyl (C=O) groups excluding carboxylic acids is 3. The van der Waals surface area contributed by atoms with Gasteiger partial charge in [-0.3, -0.25) is 14.4 Å². The Morgan fingerprint density at radius 3 is 2.34 bits per heavy atom. The second kappa shape index (κ2) is 9.26. The number of hydrogen-bond donors (Lipinski definition) is 2. The molecule has 1 atom stereocenters. The number of fused-ring (bicyclic) bond motifs is 1. The highest BCUT2D eigenvalue weighted by molar-refractivity contribution is 6.10. The second-order valence-electron chi connectivity index (χ2n) is 7.06. The molecule has 2 N–H and O–H groups in total. The van der Waals surface area contributed by atoms with E-state index in [1.165, 1.54) is 18.2 Å². The van der Waals surface area contributed by atoms with Crippen molar-refractivity contribution in [2.24, 2.45) is 0 Å². The van der Waals surface area contributed by atoms with Gasteiger partial charge < -0.3 is 15.0 Å². The molecule has 6 nitrogen and oxygen atoms in total. The molecule has 0 fully saturated rings. The van der Waals surface area contributed by atoms with Crippen LogP contribution in [0.2, 0.25) is 0 Å². The van der Waals surface area contributed by atoms with E-state index < -0.39 is 36.1 Å². The van der Waals surface area contributed by atoms with Crippen molar-refractivity contribution in [3.8, 4) is 0 Å². The van der Waals surface area contributed by atoms with E-state index in [4.69, 9.17) is 4.74 Å².